The van der Waals surface area contributed by atoms with Gasteiger partial charge >= 0.3 is 0 Å². The maximum absolute atomic E-state index is 7.03. The summed E-state index contributed by atoms with van der Waals surface area (Å²) in [7, 11) is -2.25. The SMILES string of the molecule is CCCCCCCCCCCCOc1cc(C[P+]2(c3ccccc3)c3cc(-c4ccccc4)sc3-c3sc(-c4ccccc4)cc32)cc(OCCCCCCCCCCCC)c1OCCCCCCCCCCCC. The number of thiophene rings is 2. The first-order chi connectivity index (χ1) is 37.2. The lowest BCUT2D eigenvalue weighted by Gasteiger charge is -2.25. The van der Waals surface area contributed by atoms with Crippen LogP contribution in [0, 0.1) is 0 Å². The lowest BCUT2D eigenvalue weighted by Crippen LogP contribution is -2.28. The third-order valence-corrected chi connectivity index (χ3v) is 22.7. The molecule has 0 saturated carbocycles. The molecule has 0 fully saturated rings. The molecule has 0 aliphatic carbocycles. The number of hydrogen-bond acceptors (Lipinski definition) is 5. The van der Waals surface area contributed by atoms with Gasteiger partial charge in [0, 0.05) is 21.9 Å². The van der Waals surface area contributed by atoms with Crippen LogP contribution in [0.5, 0.6) is 17.2 Å². The lowest BCUT2D eigenvalue weighted by atomic mass is 10.1. The molecule has 0 radical (unpaired) electrons. The van der Waals surface area contributed by atoms with Crippen molar-refractivity contribution >= 4 is 45.8 Å². The molecule has 75 heavy (non-hydrogen) atoms. The Morgan fingerprint density at radius 3 is 1.03 bits per heavy atom. The second-order valence-corrected chi connectivity index (χ2v) is 27.2. The topological polar surface area (TPSA) is 27.7 Å². The molecule has 3 heterocycles. The van der Waals surface area contributed by atoms with Crippen molar-refractivity contribution in [3.8, 4) is 47.9 Å². The first-order valence-electron chi connectivity index (χ1n) is 30.5. The van der Waals surface area contributed by atoms with Crippen molar-refractivity contribution in [2.24, 2.45) is 0 Å². The van der Waals surface area contributed by atoms with Gasteiger partial charge in [0.25, 0.3) is 0 Å². The van der Waals surface area contributed by atoms with Crippen molar-refractivity contribution in [3.63, 3.8) is 0 Å². The number of hydrogen-bond donors (Lipinski definition) is 0. The van der Waals surface area contributed by atoms with Gasteiger partial charge < -0.3 is 14.2 Å². The van der Waals surface area contributed by atoms with Crippen molar-refractivity contribution in [1.29, 1.82) is 0 Å². The molecule has 3 nitrogen and oxygen atoms in total. The first-order valence-corrected chi connectivity index (χ1v) is 34.2. The summed E-state index contributed by atoms with van der Waals surface area (Å²) in [6.45, 7) is 8.98. The second-order valence-electron chi connectivity index (χ2n) is 21.7. The van der Waals surface area contributed by atoms with Gasteiger partial charge in [-0.2, -0.15) is 0 Å². The Kier molecular flexibility index (Phi) is 26.7. The second kappa shape index (κ2) is 34.1. The zero-order chi connectivity index (χ0) is 52.0. The Morgan fingerprint density at radius 1 is 0.347 bits per heavy atom. The Morgan fingerprint density at radius 2 is 0.667 bits per heavy atom. The molecular formula is C69H96O3PS2+. The fourth-order valence-corrected chi connectivity index (χ4v) is 19.3. The molecule has 1 aliphatic rings. The number of benzene rings is 4. The van der Waals surface area contributed by atoms with Crippen LogP contribution in [0.2, 0.25) is 0 Å². The Hall–Kier alpha value is -3.89. The summed E-state index contributed by atoms with van der Waals surface area (Å²) >= 11 is 3.96. The van der Waals surface area contributed by atoms with Crippen molar-refractivity contribution in [2.45, 2.75) is 220 Å². The molecule has 0 saturated heterocycles. The van der Waals surface area contributed by atoms with Crippen LogP contribution in [0.1, 0.15) is 219 Å². The summed E-state index contributed by atoms with van der Waals surface area (Å²) in [6.07, 6.45) is 40.0. The molecule has 2 aromatic heterocycles. The van der Waals surface area contributed by atoms with Gasteiger partial charge in [-0.3, -0.25) is 0 Å². The molecule has 0 unspecified atom stereocenters. The number of rotatable bonds is 41. The van der Waals surface area contributed by atoms with Crippen LogP contribution in [-0.4, -0.2) is 19.8 Å². The summed E-state index contributed by atoms with van der Waals surface area (Å²) in [5.74, 6) is 2.55. The summed E-state index contributed by atoms with van der Waals surface area (Å²) < 4.78 is 21.0. The van der Waals surface area contributed by atoms with Gasteiger partial charge in [0.1, 0.15) is 23.2 Å². The molecule has 6 aromatic rings. The fraction of sp³-hybridized carbons (Fsp3) is 0.536. The van der Waals surface area contributed by atoms with Gasteiger partial charge in [-0.25, -0.2) is 0 Å². The van der Waals surface area contributed by atoms with Gasteiger partial charge in [-0.1, -0.05) is 273 Å². The van der Waals surface area contributed by atoms with E-state index in [1.54, 1.807) is 0 Å². The molecule has 0 spiro atoms. The normalized spacial score (nSPS) is 12.5. The molecule has 1 aliphatic heterocycles. The summed E-state index contributed by atoms with van der Waals surface area (Å²) in [4.78, 5) is 5.58. The predicted molar refractivity (Wildman–Crippen MR) is 333 cm³/mol. The third-order valence-electron chi connectivity index (χ3n) is 15.5. The maximum atomic E-state index is 7.03. The van der Waals surface area contributed by atoms with Gasteiger partial charge in [0.05, 0.1) is 35.7 Å². The molecule has 7 rings (SSSR count). The van der Waals surface area contributed by atoms with E-state index in [-0.39, 0.29) is 0 Å². The average molecular weight is 1070 g/mol. The zero-order valence-electron chi connectivity index (χ0n) is 47.0. The number of unbranched alkanes of at least 4 members (excludes halogenated alkanes) is 27. The van der Waals surface area contributed by atoms with E-state index in [2.05, 4.69) is 136 Å². The first kappa shape index (κ1) is 58.8. The van der Waals surface area contributed by atoms with Crippen LogP contribution in [0.3, 0.4) is 0 Å². The largest absolute Gasteiger partial charge is 0.490 e. The summed E-state index contributed by atoms with van der Waals surface area (Å²) in [6, 6.07) is 43.5. The van der Waals surface area contributed by atoms with E-state index in [0.717, 1.165) is 42.7 Å². The van der Waals surface area contributed by atoms with Crippen LogP contribution in [-0.2, 0) is 6.16 Å². The van der Waals surface area contributed by atoms with E-state index in [1.165, 1.54) is 225 Å². The summed E-state index contributed by atoms with van der Waals surface area (Å²) in [5.41, 5.74) is 3.85. The van der Waals surface area contributed by atoms with E-state index in [0.29, 0.717) is 19.8 Å². The fourth-order valence-electron chi connectivity index (χ4n) is 11.2. The number of ether oxygens (including phenoxy) is 3. The quantitative estimate of drug-likeness (QED) is 0.0283. The van der Waals surface area contributed by atoms with Crippen LogP contribution in [0.15, 0.2) is 115 Å². The standard InChI is InChI=1S/C69H96O3PS2/c1-4-7-10-13-16-19-22-25-28-40-49-70-61-52-57(53-62(71-50-41-29-26-23-20-17-14-11-8-5-2)67(61)72-51-42-30-27-24-21-18-15-12-9-6-3)56-73(60-47-38-33-39-48-60)63-54-65(58-43-34-31-35-44-58)74-68(63)69-64(73)55-66(75-69)59-45-36-32-37-46-59/h31-39,43-48,52-55H,4-30,40-42,49-51,56H2,1-3H3/q+1. The van der Waals surface area contributed by atoms with Gasteiger partial charge in [0.15, 0.2) is 11.5 Å². The van der Waals surface area contributed by atoms with Crippen LogP contribution < -0.4 is 30.1 Å². The van der Waals surface area contributed by atoms with Gasteiger partial charge in [-0.05, 0) is 60.2 Å². The van der Waals surface area contributed by atoms with Crippen molar-refractivity contribution in [3.05, 3.63) is 121 Å². The molecule has 4 aromatic carbocycles. The monoisotopic (exact) mass is 1070 g/mol. The van der Waals surface area contributed by atoms with E-state index in [4.69, 9.17) is 14.2 Å². The van der Waals surface area contributed by atoms with Gasteiger partial charge in [-0.15, -0.1) is 22.7 Å². The van der Waals surface area contributed by atoms with Gasteiger partial charge in [0.2, 0.25) is 5.75 Å². The summed E-state index contributed by atoms with van der Waals surface area (Å²) in [5, 5.41) is 4.46. The van der Waals surface area contributed by atoms with Crippen LogP contribution in [0.25, 0.3) is 30.6 Å². The third kappa shape index (κ3) is 18.1. The molecule has 0 N–H and O–H groups in total. The van der Waals surface area contributed by atoms with E-state index < -0.39 is 7.26 Å². The van der Waals surface area contributed by atoms with Crippen molar-refractivity contribution in [2.75, 3.05) is 19.8 Å². The van der Waals surface area contributed by atoms with E-state index in [1.807, 2.05) is 22.7 Å². The zero-order valence-corrected chi connectivity index (χ0v) is 49.5. The smallest absolute Gasteiger partial charge is 0.203 e. The molecule has 0 atom stereocenters. The van der Waals surface area contributed by atoms with Crippen LogP contribution in [0.4, 0.5) is 0 Å². The molecular weight excluding hydrogens is 972 g/mol. The lowest BCUT2D eigenvalue weighted by molar-refractivity contribution is 0.234. The number of fused-ring (bicyclic) bond motifs is 3. The highest BCUT2D eigenvalue weighted by Crippen LogP contribution is 2.68. The molecule has 406 valence electrons. The highest BCUT2D eigenvalue weighted by molar-refractivity contribution is 7.97. The Balaban J connectivity index is 1.19. The average Bonchev–Trinajstić information content (AvgIpc) is 4.21. The minimum Gasteiger partial charge on any atom is -0.490 e. The van der Waals surface area contributed by atoms with Crippen molar-refractivity contribution < 1.29 is 14.2 Å². The van der Waals surface area contributed by atoms with Crippen LogP contribution >= 0.6 is 29.9 Å². The molecule has 6 heteroatoms. The Bertz CT molecular complexity index is 2310. The highest BCUT2D eigenvalue weighted by Gasteiger charge is 2.56. The van der Waals surface area contributed by atoms with E-state index >= 15 is 0 Å². The molecule has 0 bridgehead atoms. The predicted octanol–water partition coefficient (Wildman–Crippen LogP) is 21.5. The maximum Gasteiger partial charge on any atom is 0.203 e. The minimum absolute atomic E-state index is 0.682. The Labute approximate surface area is 465 Å². The van der Waals surface area contributed by atoms with E-state index in [9.17, 15) is 0 Å². The molecule has 0 amide bonds. The van der Waals surface area contributed by atoms with Crippen molar-refractivity contribution in [1.82, 2.24) is 0 Å². The highest BCUT2D eigenvalue weighted by atomic mass is 32.1. The minimum atomic E-state index is -2.25.